The fourth-order valence-electron chi connectivity index (χ4n) is 4.07. The Balaban J connectivity index is 5.16. The van der Waals surface area contributed by atoms with Crippen molar-refractivity contribution in [2.75, 3.05) is 0 Å². The Bertz CT molecular complexity index is 1720. The van der Waals surface area contributed by atoms with Crippen LogP contribution in [0.25, 0.3) is 0 Å². The first kappa shape index (κ1) is 57.6. The largest absolute Gasteiger partial charge is 0.594 e. The molecule has 0 amide bonds. The van der Waals surface area contributed by atoms with Crippen LogP contribution in [0.5, 0.6) is 0 Å². The van der Waals surface area contributed by atoms with Gasteiger partial charge in [0.2, 0.25) is 0 Å². The zero-order chi connectivity index (χ0) is 52.2. The van der Waals surface area contributed by atoms with Crippen molar-refractivity contribution in [2.24, 2.45) is 0 Å². The van der Waals surface area contributed by atoms with Gasteiger partial charge in [-0.3, -0.25) is 0 Å². The SMILES string of the molecule is O=C(OC(C(F)(F)F)C(F)(F)F)C1=C(C(=O)OC(C(F)(F)F)C(F)(F)F)C(C(=O)OC(C(F)(F)F)C(F)(F)F)=C(C(=O)OC(C(F)(F)F)C(F)(F)F)C1=C([O-])OC(C(F)(F)F)C(F)(F)F. The highest BCUT2D eigenvalue weighted by molar-refractivity contribution is 6.23. The molecule has 0 saturated heterocycles. The van der Waals surface area contributed by atoms with Crippen LogP contribution in [0.3, 0.4) is 0 Å². The fraction of sp³-hybridized carbons (Fsp3) is 0.600. The number of halogens is 30. The van der Waals surface area contributed by atoms with Crippen LogP contribution in [0.2, 0.25) is 0 Å². The molecule has 0 aromatic heterocycles. The van der Waals surface area contributed by atoms with E-state index in [1.807, 2.05) is 0 Å². The van der Waals surface area contributed by atoms with Gasteiger partial charge in [0.05, 0.1) is 28.2 Å². The molecular formula is C25H5F30O10-. The second-order valence-corrected chi connectivity index (χ2v) is 11.2. The normalized spacial score (nSPS) is 15.8. The van der Waals surface area contributed by atoms with Crippen molar-refractivity contribution in [3.8, 4) is 0 Å². The Kier molecular flexibility index (Phi) is 15.8. The molecule has 65 heavy (non-hydrogen) atoms. The summed E-state index contributed by atoms with van der Waals surface area (Å²) in [5.74, 6) is -22.8. The van der Waals surface area contributed by atoms with Crippen molar-refractivity contribution in [1.82, 2.24) is 0 Å². The second kappa shape index (κ2) is 17.8. The average Bonchev–Trinajstić information content (AvgIpc) is 3.37. The molecule has 0 unspecified atom stereocenters. The first-order valence-corrected chi connectivity index (χ1v) is 14.3. The Morgan fingerprint density at radius 3 is 0.569 bits per heavy atom. The van der Waals surface area contributed by atoms with E-state index in [4.69, 9.17) is 0 Å². The van der Waals surface area contributed by atoms with E-state index in [9.17, 15) is 156 Å². The molecule has 1 aliphatic carbocycles. The van der Waals surface area contributed by atoms with Crippen LogP contribution in [-0.4, -0.2) is 116 Å². The number of alkyl halides is 30. The van der Waals surface area contributed by atoms with Gasteiger partial charge in [0.15, 0.2) is 6.10 Å². The van der Waals surface area contributed by atoms with E-state index in [2.05, 4.69) is 23.7 Å². The maximum Gasteiger partial charge on any atom is 0.434 e. The van der Waals surface area contributed by atoms with Crippen LogP contribution in [0.4, 0.5) is 132 Å². The van der Waals surface area contributed by atoms with Gasteiger partial charge in [0.25, 0.3) is 24.4 Å². The van der Waals surface area contributed by atoms with Gasteiger partial charge in [-0.2, -0.15) is 132 Å². The van der Waals surface area contributed by atoms with Crippen LogP contribution in [0.15, 0.2) is 33.8 Å². The maximum absolute atomic E-state index is 13.3. The first-order valence-electron chi connectivity index (χ1n) is 14.3. The van der Waals surface area contributed by atoms with Gasteiger partial charge in [0.1, 0.15) is 0 Å². The number of ether oxygens (including phenoxy) is 5. The highest BCUT2D eigenvalue weighted by Crippen LogP contribution is 2.48. The summed E-state index contributed by atoms with van der Waals surface area (Å²) in [4.78, 5) is 51.6. The van der Waals surface area contributed by atoms with Crippen molar-refractivity contribution in [3.05, 3.63) is 33.8 Å². The van der Waals surface area contributed by atoms with E-state index in [0.717, 1.165) is 0 Å². The van der Waals surface area contributed by atoms with Gasteiger partial charge in [-0.05, 0) is 0 Å². The summed E-state index contributed by atoms with van der Waals surface area (Å²) >= 11 is 0. The number of esters is 4. The summed E-state index contributed by atoms with van der Waals surface area (Å²) in [5.41, 5.74) is -21.1. The summed E-state index contributed by atoms with van der Waals surface area (Å²) in [6, 6.07) is 0. The number of carbonyl (C=O) groups is 4. The summed E-state index contributed by atoms with van der Waals surface area (Å²) < 4.78 is 412. The second-order valence-electron chi connectivity index (χ2n) is 11.2. The van der Waals surface area contributed by atoms with Gasteiger partial charge in [-0.25, -0.2) is 19.2 Å². The highest BCUT2D eigenvalue weighted by Gasteiger charge is 2.66. The zero-order valence-corrected chi connectivity index (χ0v) is 28.3. The average molecular weight is 1040 g/mol. The predicted octanol–water partition coefficient (Wildman–Crippen LogP) is 7.82. The molecule has 0 N–H and O–H groups in total. The molecule has 376 valence electrons. The molecule has 1 rings (SSSR count). The maximum atomic E-state index is 13.3. The number of carbonyl (C=O) groups excluding carboxylic acids is 4. The summed E-state index contributed by atoms with van der Waals surface area (Å²) in [6.45, 7) is 0. The van der Waals surface area contributed by atoms with Crippen molar-refractivity contribution in [1.29, 1.82) is 0 Å². The van der Waals surface area contributed by atoms with Crippen molar-refractivity contribution in [2.45, 2.75) is 92.3 Å². The first-order chi connectivity index (χ1) is 28.2. The minimum atomic E-state index is -7.38. The lowest BCUT2D eigenvalue weighted by Gasteiger charge is -2.32. The number of rotatable bonds is 10. The summed E-state index contributed by atoms with van der Waals surface area (Å²) in [6.07, 6.45) is -104. The smallest absolute Gasteiger partial charge is 0.434 e. The lowest BCUT2D eigenvalue weighted by atomic mass is 10.0. The van der Waals surface area contributed by atoms with E-state index in [0.29, 0.717) is 0 Å². The monoisotopic (exact) mass is 1030 g/mol. The van der Waals surface area contributed by atoms with Gasteiger partial charge in [-0.1, -0.05) is 0 Å². The van der Waals surface area contributed by atoms with E-state index in [1.165, 1.54) is 0 Å². The van der Waals surface area contributed by atoms with Crippen LogP contribution in [0.1, 0.15) is 0 Å². The van der Waals surface area contributed by atoms with Gasteiger partial charge >= 0.3 is 85.6 Å². The molecule has 0 saturated carbocycles. The van der Waals surface area contributed by atoms with E-state index >= 15 is 0 Å². The molecule has 0 fully saturated rings. The molecule has 0 radical (unpaired) electrons. The predicted molar refractivity (Wildman–Crippen MR) is 126 cm³/mol. The third-order valence-corrected chi connectivity index (χ3v) is 6.37. The minimum absolute atomic E-state index is 2.62. The molecule has 0 aliphatic heterocycles. The van der Waals surface area contributed by atoms with Crippen molar-refractivity contribution >= 4 is 23.9 Å². The van der Waals surface area contributed by atoms with Gasteiger partial charge in [0, 0.05) is 5.57 Å². The summed E-state index contributed by atoms with van der Waals surface area (Å²) in [7, 11) is 0. The molecule has 0 atom stereocenters. The van der Waals surface area contributed by atoms with E-state index in [1.54, 1.807) is 0 Å². The standard InChI is InChI=1S/C25H6F30O10/c26-16(27,28)11(17(29,30)31)61-6(56)1-2(7(57)62-12(18(32,33)34)19(35,36)37)4(9(59)64-14(22(44,45)46)23(47,48)49)5(10(60)65-15(24(50,51)52)25(53,54)55)3(1)8(58)63-13(20(38,39)40)21(41,42)43/h11-15,56H/p-1. The van der Waals surface area contributed by atoms with Crippen molar-refractivity contribution in [3.63, 3.8) is 0 Å². The third kappa shape index (κ3) is 14.3. The molecule has 10 nitrogen and oxygen atoms in total. The lowest BCUT2D eigenvalue weighted by molar-refractivity contribution is -0.404. The quantitative estimate of drug-likeness (QED) is 0.0923. The molecule has 0 heterocycles. The highest BCUT2D eigenvalue weighted by atomic mass is 19.5. The van der Waals surface area contributed by atoms with E-state index in [-0.39, 0.29) is 0 Å². The van der Waals surface area contributed by atoms with E-state index < -0.39 is 150 Å². The van der Waals surface area contributed by atoms with Crippen LogP contribution in [0, 0.1) is 0 Å². The fourth-order valence-corrected chi connectivity index (χ4v) is 4.07. The molecular weight excluding hydrogens is 1030 g/mol. The molecule has 0 spiro atoms. The molecule has 0 aromatic rings. The zero-order valence-electron chi connectivity index (χ0n) is 28.3. The Hall–Kier alpha value is -5.40. The van der Waals surface area contributed by atoms with Crippen molar-refractivity contribution < 1.29 is 180 Å². The van der Waals surface area contributed by atoms with Crippen LogP contribution in [-0.2, 0) is 42.9 Å². The lowest BCUT2D eigenvalue weighted by Crippen LogP contribution is -2.47. The topological polar surface area (TPSA) is 137 Å². The van der Waals surface area contributed by atoms with Gasteiger partial charge in [-0.15, -0.1) is 0 Å². The Morgan fingerprint density at radius 2 is 0.415 bits per heavy atom. The molecule has 0 bridgehead atoms. The minimum Gasteiger partial charge on any atom is -0.594 e. The molecule has 0 aromatic carbocycles. The number of hydrogen-bond donors (Lipinski definition) is 0. The Morgan fingerprint density at radius 1 is 0.277 bits per heavy atom. The molecule has 1 aliphatic rings. The van der Waals surface area contributed by atoms with Crippen LogP contribution < -0.4 is 5.11 Å². The summed E-state index contributed by atoms with van der Waals surface area (Å²) in [5, 5.41) is 12.9. The van der Waals surface area contributed by atoms with Crippen LogP contribution >= 0.6 is 0 Å². The number of hydrogen-bond acceptors (Lipinski definition) is 10. The third-order valence-electron chi connectivity index (χ3n) is 6.37. The Labute approximate surface area is 330 Å². The molecule has 40 heteroatoms. The van der Waals surface area contributed by atoms with Gasteiger partial charge < -0.3 is 28.8 Å².